The second kappa shape index (κ2) is 10.1. The summed E-state index contributed by atoms with van der Waals surface area (Å²) < 4.78 is 25.6. The van der Waals surface area contributed by atoms with E-state index in [0.29, 0.717) is 52.9 Å². The molecule has 0 saturated heterocycles. The summed E-state index contributed by atoms with van der Waals surface area (Å²) in [4.78, 5) is 23.5. The Labute approximate surface area is 222 Å². The fourth-order valence-corrected chi connectivity index (χ4v) is 4.31. The molecule has 0 aliphatic rings. The molecule has 6 aromatic rings. The molecule has 2 N–H and O–H groups in total. The molecule has 196 valence electrons. The molecule has 5 heterocycles. The van der Waals surface area contributed by atoms with E-state index in [1.165, 1.54) is 12.1 Å². The van der Waals surface area contributed by atoms with Crippen molar-refractivity contribution in [1.82, 2.24) is 40.0 Å². The molecule has 5 aromatic heterocycles. The van der Waals surface area contributed by atoms with Crippen LogP contribution in [0.3, 0.4) is 0 Å². The van der Waals surface area contributed by atoms with Crippen LogP contribution in [0.4, 0.5) is 4.39 Å². The molecule has 0 spiro atoms. The van der Waals surface area contributed by atoms with Gasteiger partial charge < -0.3 is 19.4 Å². The van der Waals surface area contributed by atoms with Crippen molar-refractivity contribution in [2.45, 2.75) is 0 Å². The Kier molecular flexibility index (Phi) is 6.33. The number of aromatic amines is 2. The van der Waals surface area contributed by atoms with Gasteiger partial charge >= 0.3 is 0 Å². The number of rotatable bonds is 8. The minimum atomic E-state index is -0.410. The number of benzene rings is 1. The van der Waals surface area contributed by atoms with Crippen molar-refractivity contribution in [2.75, 3.05) is 34.4 Å². The summed E-state index contributed by atoms with van der Waals surface area (Å²) in [5.74, 6) is 1.21. The van der Waals surface area contributed by atoms with Gasteiger partial charge in [-0.2, -0.15) is 5.10 Å². The molecule has 10 nitrogen and oxygen atoms in total. The third kappa shape index (κ3) is 4.87. The predicted molar refractivity (Wildman–Crippen MR) is 146 cm³/mol. The molecule has 0 radical (unpaired) electrons. The Morgan fingerprint density at radius 1 is 0.923 bits per heavy atom. The number of nitrogens with one attached hydrogen (secondary N) is 2. The highest BCUT2D eigenvalue weighted by atomic mass is 19.1. The second-order valence-electron chi connectivity index (χ2n) is 9.27. The zero-order chi connectivity index (χ0) is 26.9. The van der Waals surface area contributed by atoms with E-state index in [1.54, 1.807) is 38.0 Å². The molecule has 39 heavy (non-hydrogen) atoms. The number of nitrogens with zero attached hydrogens (tertiary/aromatic N) is 6. The number of hydrogen-bond acceptors (Lipinski definition) is 8. The predicted octanol–water partition coefficient (Wildman–Crippen LogP) is 4.71. The Balaban J connectivity index is 1.40. The molecular weight excluding hydrogens is 499 g/mol. The Morgan fingerprint density at radius 3 is 2.64 bits per heavy atom. The number of pyridine rings is 3. The average molecular weight is 525 g/mol. The third-order valence-corrected chi connectivity index (χ3v) is 6.27. The van der Waals surface area contributed by atoms with Gasteiger partial charge in [0.15, 0.2) is 5.82 Å². The van der Waals surface area contributed by atoms with Gasteiger partial charge in [0.2, 0.25) is 0 Å². The first-order valence-electron chi connectivity index (χ1n) is 12.3. The monoisotopic (exact) mass is 524 g/mol. The summed E-state index contributed by atoms with van der Waals surface area (Å²) in [5.41, 5.74) is 5.37. The number of imidazole rings is 1. The van der Waals surface area contributed by atoms with E-state index >= 15 is 0 Å². The molecule has 0 aliphatic heterocycles. The number of methoxy groups -OCH3 is 1. The summed E-state index contributed by atoms with van der Waals surface area (Å²) in [6.45, 7) is 1.15. The maximum atomic E-state index is 14.5. The standard InChI is InChI=1S/C28H25FN8O2/c1-37(2)6-7-39-19-9-16(8-18(29)11-19)25-27-22(4-5-31-25)33-28(34-27)26-21-12-23(32-15-24(21)35-36-26)17-10-20(38-3)14-30-13-17/h4-5,8-15H,6-7H2,1-3H3,(H,33,34)(H,35,36). The quantitative estimate of drug-likeness (QED) is 0.294. The average Bonchev–Trinajstić information content (AvgIpc) is 3.56. The van der Waals surface area contributed by atoms with Crippen molar-refractivity contribution in [2.24, 2.45) is 0 Å². The first-order valence-corrected chi connectivity index (χ1v) is 12.3. The largest absolute Gasteiger partial charge is 0.495 e. The SMILES string of the molecule is COc1cncc(-c2cc3c(-c4nc5c(-c6cc(F)cc(OCCN(C)C)c6)nccc5[nH]4)n[nH]c3cn2)c1. The molecule has 0 amide bonds. The van der Waals surface area contributed by atoms with Crippen LogP contribution in [0.1, 0.15) is 0 Å². The minimum absolute atomic E-state index is 0.410. The fourth-order valence-electron chi connectivity index (χ4n) is 4.31. The highest BCUT2D eigenvalue weighted by Gasteiger charge is 2.18. The minimum Gasteiger partial charge on any atom is -0.495 e. The summed E-state index contributed by atoms with van der Waals surface area (Å²) in [6.07, 6.45) is 6.76. The summed E-state index contributed by atoms with van der Waals surface area (Å²) in [5, 5.41) is 8.36. The number of hydrogen-bond donors (Lipinski definition) is 2. The maximum Gasteiger partial charge on any atom is 0.159 e. The third-order valence-electron chi connectivity index (χ3n) is 6.27. The molecule has 0 unspecified atom stereocenters. The number of ether oxygens (including phenoxy) is 2. The lowest BCUT2D eigenvalue weighted by atomic mass is 10.1. The van der Waals surface area contributed by atoms with Gasteiger partial charge in [-0.25, -0.2) is 9.37 Å². The van der Waals surface area contributed by atoms with Crippen molar-refractivity contribution < 1.29 is 13.9 Å². The van der Waals surface area contributed by atoms with Gasteiger partial charge in [-0.15, -0.1) is 0 Å². The van der Waals surface area contributed by atoms with Gasteiger partial charge in [0.05, 0.1) is 41.9 Å². The second-order valence-corrected chi connectivity index (χ2v) is 9.27. The highest BCUT2D eigenvalue weighted by Crippen LogP contribution is 2.33. The van der Waals surface area contributed by atoms with Crippen LogP contribution in [-0.4, -0.2) is 74.4 Å². The molecule has 11 heteroatoms. The summed E-state index contributed by atoms with van der Waals surface area (Å²) in [6, 6.07) is 10.2. The van der Waals surface area contributed by atoms with Crippen molar-refractivity contribution in [3.63, 3.8) is 0 Å². The fraction of sp³-hybridized carbons (Fsp3) is 0.179. The topological polar surface area (TPSA) is 118 Å². The van der Waals surface area contributed by atoms with Crippen LogP contribution in [0.5, 0.6) is 11.5 Å². The Bertz CT molecular complexity index is 1800. The zero-order valence-electron chi connectivity index (χ0n) is 21.6. The number of fused-ring (bicyclic) bond motifs is 2. The lowest BCUT2D eigenvalue weighted by molar-refractivity contribution is 0.260. The van der Waals surface area contributed by atoms with Gasteiger partial charge in [0.25, 0.3) is 0 Å². The van der Waals surface area contributed by atoms with Crippen LogP contribution in [-0.2, 0) is 0 Å². The molecular formula is C28H25FN8O2. The molecule has 0 fully saturated rings. The maximum absolute atomic E-state index is 14.5. The van der Waals surface area contributed by atoms with Crippen molar-refractivity contribution in [3.8, 4) is 45.5 Å². The Morgan fingerprint density at radius 2 is 1.79 bits per heavy atom. The first kappa shape index (κ1) is 24.4. The molecule has 0 atom stereocenters. The van der Waals surface area contributed by atoms with E-state index < -0.39 is 5.82 Å². The molecule has 6 rings (SSSR count). The normalized spacial score (nSPS) is 11.5. The van der Waals surface area contributed by atoms with E-state index in [9.17, 15) is 4.39 Å². The van der Waals surface area contributed by atoms with Gasteiger partial charge in [-0.05, 0) is 44.4 Å². The van der Waals surface area contributed by atoms with Gasteiger partial charge in [-0.3, -0.25) is 20.1 Å². The van der Waals surface area contributed by atoms with Crippen LogP contribution in [0.25, 0.3) is 56.0 Å². The van der Waals surface area contributed by atoms with Gasteiger partial charge in [-0.1, -0.05) is 0 Å². The van der Waals surface area contributed by atoms with Crippen LogP contribution < -0.4 is 9.47 Å². The molecule has 0 saturated carbocycles. The lowest BCUT2D eigenvalue weighted by Crippen LogP contribution is -2.19. The van der Waals surface area contributed by atoms with Crippen LogP contribution in [0.2, 0.25) is 0 Å². The first-order chi connectivity index (χ1) is 19.0. The van der Waals surface area contributed by atoms with Crippen LogP contribution in [0, 0.1) is 5.82 Å². The van der Waals surface area contributed by atoms with Gasteiger partial charge in [0.1, 0.15) is 35.1 Å². The zero-order valence-corrected chi connectivity index (χ0v) is 21.6. The smallest absolute Gasteiger partial charge is 0.159 e. The summed E-state index contributed by atoms with van der Waals surface area (Å²) >= 11 is 0. The van der Waals surface area contributed by atoms with E-state index in [2.05, 4.69) is 30.1 Å². The van der Waals surface area contributed by atoms with Gasteiger partial charge in [0, 0.05) is 41.5 Å². The summed E-state index contributed by atoms with van der Waals surface area (Å²) in [7, 11) is 5.51. The number of halogens is 1. The molecule has 0 aliphatic carbocycles. The van der Waals surface area contributed by atoms with E-state index in [0.717, 1.165) is 27.7 Å². The van der Waals surface area contributed by atoms with Crippen molar-refractivity contribution >= 4 is 21.9 Å². The highest BCUT2D eigenvalue weighted by molar-refractivity contribution is 5.96. The lowest BCUT2D eigenvalue weighted by Gasteiger charge is -2.12. The number of H-pyrrole nitrogens is 2. The Hall–Kier alpha value is -4.90. The number of aromatic nitrogens is 7. The number of likely N-dealkylation sites (N-methyl/N-ethyl adjacent to an activating group) is 1. The van der Waals surface area contributed by atoms with E-state index in [-0.39, 0.29) is 0 Å². The van der Waals surface area contributed by atoms with E-state index in [4.69, 9.17) is 14.5 Å². The van der Waals surface area contributed by atoms with Crippen LogP contribution in [0.15, 0.2) is 61.2 Å². The van der Waals surface area contributed by atoms with Crippen molar-refractivity contribution in [1.29, 1.82) is 0 Å². The molecule has 0 bridgehead atoms. The van der Waals surface area contributed by atoms with Crippen LogP contribution >= 0.6 is 0 Å². The molecule has 1 aromatic carbocycles. The van der Waals surface area contributed by atoms with Crippen molar-refractivity contribution in [3.05, 3.63) is 67.0 Å². The van der Waals surface area contributed by atoms with E-state index in [1.807, 2.05) is 37.2 Å².